The van der Waals surface area contributed by atoms with E-state index in [0.29, 0.717) is 11.5 Å². The van der Waals surface area contributed by atoms with E-state index in [-0.39, 0.29) is 17.1 Å². The minimum atomic E-state index is -0.936. The molecule has 1 heterocycles. The summed E-state index contributed by atoms with van der Waals surface area (Å²) in [5, 5.41) is 0.259. The molecule has 0 aliphatic rings. The number of benzene rings is 1. The third-order valence-corrected chi connectivity index (χ3v) is 3.11. The summed E-state index contributed by atoms with van der Waals surface area (Å²) in [4.78, 5) is 12.5. The molecule has 0 aliphatic heterocycles. The number of nitrogens with two attached hydrogens (primary N) is 1. The standard InChI is InChI=1S/C12H13F2N5OS/c1-2-5-20-11-16-10(19-15)17-12(18-11)21-7-3-4-8(13)9(14)6-7/h3-4,6H,2,5,15H2,1H3,(H,16,17,18,19). The van der Waals surface area contributed by atoms with Crippen molar-refractivity contribution in [3.63, 3.8) is 0 Å². The Bertz CT molecular complexity index is 629. The summed E-state index contributed by atoms with van der Waals surface area (Å²) in [5.41, 5.74) is 2.30. The van der Waals surface area contributed by atoms with Crippen LogP contribution in [0.3, 0.4) is 0 Å². The first-order chi connectivity index (χ1) is 10.1. The first kappa shape index (κ1) is 15.4. The predicted octanol–water partition coefficient (Wildman–Crippen LogP) is 2.38. The number of nitrogens with one attached hydrogen (secondary N) is 1. The largest absolute Gasteiger partial charge is 0.463 e. The smallest absolute Gasteiger partial charge is 0.322 e. The molecule has 0 radical (unpaired) electrons. The zero-order valence-electron chi connectivity index (χ0n) is 11.1. The maximum Gasteiger partial charge on any atom is 0.322 e. The highest BCUT2D eigenvalue weighted by atomic mass is 32.2. The zero-order valence-corrected chi connectivity index (χ0v) is 12.0. The van der Waals surface area contributed by atoms with Crippen molar-refractivity contribution in [2.75, 3.05) is 12.0 Å². The molecule has 1 aromatic carbocycles. The Labute approximate surface area is 124 Å². The van der Waals surface area contributed by atoms with Crippen LogP contribution in [0.15, 0.2) is 28.3 Å². The third-order valence-electron chi connectivity index (χ3n) is 2.26. The third kappa shape index (κ3) is 4.23. The van der Waals surface area contributed by atoms with Gasteiger partial charge in [0, 0.05) is 4.90 Å². The van der Waals surface area contributed by atoms with Gasteiger partial charge in [0.05, 0.1) is 6.61 Å². The number of aromatic nitrogens is 3. The van der Waals surface area contributed by atoms with E-state index in [4.69, 9.17) is 10.6 Å². The van der Waals surface area contributed by atoms with E-state index in [1.54, 1.807) is 0 Å². The topological polar surface area (TPSA) is 86.0 Å². The van der Waals surface area contributed by atoms with Crippen molar-refractivity contribution in [2.24, 2.45) is 5.84 Å². The number of anilines is 1. The van der Waals surface area contributed by atoms with Crippen molar-refractivity contribution in [3.05, 3.63) is 29.8 Å². The van der Waals surface area contributed by atoms with Crippen LogP contribution < -0.4 is 16.0 Å². The SMILES string of the molecule is CCCOc1nc(NN)nc(Sc2ccc(F)c(F)c2)n1. The van der Waals surface area contributed by atoms with Gasteiger partial charge in [-0.05, 0) is 36.4 Å². The second-order valence-electron chi connectivity index (χ2n) is 3.89. The van der Waals surface area contributed by atoms with Crippen LogP contribution in [-0.4, -0.2) is 21.6 Å². The lowest BCUT2D eigenvalue weighted by Crippen LogP contribution is -2.13. The van der Waals surface area contributed by atoms with Crippen LogP contribution in [0.5, 0.6) is 6.01 Å². The fourth-order valence-corrected chi connectivity index (χ4v) is 2.12. The minimum absolute atomic E-state index is 0.116. The van der Waals surface area contributed by atoms with E-state index in [9.17, 15) is 8.78 Å². The monoisotopic (exact) mass is 313 g/mol. The van der Waals surface area contributed by atoms with Gasteiger partial charge in [-0.1, -0.05) is 6.92 Å². The van der Waals surface area contributed by atoms with Gasteiger partial charge in [0.15, 0.2) is 11.6 Å². The number of hydrogen-bond donors (Lipinski definition) is 2. The van der Waals surface area contributed by atoms with Crippen LogP contribution in [0, 0.1) is 11.6 Å². The molecule has 0 saturated heterocycles. The van der Waals surface area contributed by atoms with E-state index in [0.717, 1.165) is 30.3 Å². The minimum Gasteiger partial charge on any atom is -0.463 e. The molecule has 21 heavy (non-hydrogen) atoms. The lowest BCUT2D eigenvalue weighted by molar-refractivity contribution is 0.288. The number of hydrazine groups is 1. The number of rotatable bonds is 6. The number of hydrogen-bond acceptors (Lipinski definition) is 7. The molecule has 6 nitrogen and oxygen atoms in total. The quantitative estimate of drug-likeness (QED) is 0.625. The zero-order chi connectivity index (χ0) is 15.2. The fraction of sp³-hybridized carbons (Fsp3) is 0.250. The molecule has 3 N–H and O–H groups in total. The Morgan fingerprint density at radius 3 is 2.71 bits per heavy atom. The van der Waals surface area contributed by atoms with Crippen molar-refractivity contribution in [1.29, 1.82) is 0 Å². The maximum atomic E-state index is 13.2. The first-order valence-electron chi connectivity index (χ1n) is 6.10. The summed E-state index contributed by atoms with van der Waals surface area (Å²) < 4.78 is 31.4. The van der Waals surface area contributed by atoms with E-state index in [1.165, 1.54) is 6.07 Å². The van der Waals surface area contributed by atoms with E-state index in [1.807, 2.05) is 6.92 Å². The Balaban J connectivity index is 2.23. The van der Waals surface area contributed by atoms with Gasteiger partial charge in [0.2, 0.25) is 11.1 Å². The van der Waals surface area contributed by atoms with Gasteiger partial charge in [-0.3, -0.25) is 5.43 Å². The summed E-state index contributed by atoms with van der Waals surface area (Å²) in [6.45, 7) is 2.39. The Hall–Kier alpha value is -2.00. The van der Waals surface area contributed by atoms with Gasteiger partial charge in [0.25, 0.3) is 0 Å². The molecule has 0 bridgehead atoms. The molecule has 0 atom stereocenters. The van der Waals surface area contributed by atoms with E-state index in [2.05, 4.69) is 20.4 Å². The van der Waals surface area contributed by atoms with Crippen LogP contribution in [0.25, 0.3) is 0 Å². The summed E-state index contributed by atoms with van der Waals surface area (Å²) in [7, 11) is 0. The van der Waals surface area contributed by atoms with E-state index >= 15 is 0 Å². The molecule has 0 amide bonds. The maximum absolute atomic E-state index is 13.2. The van der Waals surface area contributed by atoms with Gasteiger partial charge >= 0.3 is 6.01 Å². The van der Waals surface area contributed by atoms with Crippen LogP contribution in [0.4, 0.5) is 14.7 Å². The molecule has 2 rings (SSSR count). The fourth-order valence-electron chi connectivity index (χ4n) is 1.35. The molecule has 0 spiro atoms. The molecule has 1 aromatic heterocycles. The van der Waals surface area contributed by atoms with E-state index < -0.39 is 11.6 Å². The van der Waals surface area contributed by atoms with Gasteiger partial charge in [-0.25, -0.2) is 14.6 Å². The highest BCUT2D eigenvalue weighted by molar-refractivity contribution is 7.99. The summed E-state index contributed by atoms with van der Waals surface area (Å²) in [5.74, 6) is 3.56. The Kier molecular flexibility index (Phi) is 5.23. The number of halogens is 2. The van der Waals surface area contributed by atoms with Crippen LogP contribution in [-0.2, 0) is 0 Å². The number of ether oxygens (including phenoxy) is 1. The van der Waals surface area contributed by atoms with Crippen molar-refractivity contribution in [3.8, 4) is 6.01 Å². The highest BCUT2D eigenvalue weighted by Gasteiger charge is 2.10. The molecule has 0 saturated carbocycles. The average Bonchev–Trinajstić information content (AvgIpc) is 2.48. The molecule has 2 aromatic rings. The van der Waals surface area contributed by atoms with Crippen molar-refractivity contribution >= 4 is 17.7 Å². The Morgan fingerprint density at radius 1 is 1.24 bits per heavy atom. The van der Waals surface area contributed by atoms with Gasteiger partial charge < -0.3 is 4.74 Å². The molecule has 0 aliphatic carbocycles. The van der Waals surface area contributed by atoms with Crippen molar-refractivity contribution < 1.29 is 13.5 Å². The second-order valence-corrected chi connectivity index (χ2v) is 4.94. The van der Waals surface area contributed by atoms with Gasteiger partial charge in [-0.2, -0.15) is 15.0 Å². The van der Waals surface area contributed by atoms with Crippen LogP contribution >= 0.6 is 11.8 Å². The highest BCUT2D eigenvalue weighted by Crippen LogP contribution is 2.27. The Morgan fingerprint density at radius 2 is 2.05 bits per heavy atom. The van der Waals surface area contributed by atoms with Gasteiger partial charge in [-0.15, -0.1) is 0 Å². The normalized spacial score (nSPS) is 10.5. The summed E-state index contributed by atoms with van der Waals surface area (Å²) in [6.07, 6.45) is 0.794. The molecular weight excluding hydrogens is 300 g/mol. The van der Waals surface area contributed by atoms with Crippen molar-refractivity contribution in [1.82, 2.24) is 15.0 Å². The predicted molar refractivity (Wildman–Crippen MR) is 73.9 cm³/mol. The molecule has 0 unspecified atom stereocenters. The molecule has 112 valence electrons. The van der Waals surface area contributed by atoms with Crippen LogP contribution in [0.2, 0.25) is 0 Å². The lowest BCUT2D eigenvalue weighted by atomic mass is 10.3. The molecular formula is C12H13F2N5OS. The summed E-state index contributed by atoms with van der Waals surface area (Å²) >= 11 is 1.04. The number of nitrogen functional groups attached to an aromatic ring is 1. The van der Waals surface area contributed by atoms with Crippen LogP contribution in [0.1, 0.15) is 13.3 Å². The number of nitrogens with zero attached hydrogens (tertiary/aromatic N) is 3. The molecule has 0 fully saturated rings. The molecule has 9 heteroatoms. The second kappa shape index (κ2) is 7.14. The first-order valence-corrected chi connectivity index (χ1v) is 6.92. The van der Waals surface area contributed by atoms with Gasteiger partial charge in [0.1, 0.15) is 0 Å². The summed E-state index contributed by atoms with van der Waals surface area (Å²) in [6, 6.07) is 3.64. The van der Waals surface area contributed by atoms with Crippen molar-refractivity contribution in [2.45, 2.75) is 23.4 Å². The lowest BCUT2D eigenvalue weighted by Gasteiger charge is -2.07. The average molecular weight is 313 g/mol.